The minimum atomic E-state index is -0.244. The fourth-order valence-electron chi connectivity index (χ4n) is 3.03. The first kappa shape index (κ1) is 10.1. The summed E-state index contributed by atoms with van der Waals surface area (Å²) in [7, 11) is 0. The van der Waals surface area contributed by atoms with Crippen LogP contribution in [-0.4, -0.2) is 43.1 Å². The lowest BCUT2D eigenvalue weighted by Crippen LogP contribution is -2.54. The Morgan fingerprint density at radius 1 is 1.31 bits per heavy atom. The molecule has 0 radical (unpaired) electrons. The number of ether oxygens (including phenoxy) is 1. The molecule has 3 atom stereocenters. The quantitative estimate of drug-likeness (QED) is 0.696. The normalized spacial score (nSPS) is 37.2. The van der Waals surface area contributed by atoms with Crippen molar-refractivity contribution in [2.45, 2.75) is 18.9 Å². The fourth-order valence-corrected chi connectivity index (χ4v) is 3.03. The van der Waals surface area contributed by atoms with Crippen LogP contribution in [-0.2, 0) is 9.53 Å². The largest absolute Gasteiger partial charge is 0.488 e. The molecule has 3 aliphatic rings. The molecule has 1 amide bonds. The van der Waals surface area contributed by atoms with Crippen molar-refractivity contribution in [3.63, 3.8) is 0 Å². The Bertz CT molecular complexity index is 296. The minimum absolute atomic E-state index is 0.182. The van der Waals surface area contributed by atoms with Gasteiger partial charge < -0.3 is 15.0 Å². The van der Waals surface area contributed by atoms with E-state index in [2.05, 4.69) is 5.32 Å². The Hall–Kier alpha value is -1.03. The molecule has 0 aromatic heterocycles. The van der Waals surface area contributed by atoms with Crippen molar-refractivity contribution < 1.29 is 9.53 Å². The van der Waals surface area contributed by atoms with Gasteiger partial charge in [-0.1, -0.05) is 0 Å². The molecule has 0 aromatic carbocycles. The van der Waals surface area contributed by atoms with Gasteiger partial charge in [0, 0.05) is 19.5 Å². The van der Waals surface area contributed by atoms with Crippen LogP contribution in [0.15, 0.2) is 12.3 Å². The summed E-state index contributed by atoms with van der Waals surface area (Å²) in [6, 6.07) is 0. The van der Waals surface area contributed by atoms with Crippen LogP contribution in [0.3, 0.4) is 0 Å². The Morgan fingerprint density at radius 3 is 2.69 bits per heavy atom. The molecule has 0 aromatic rings. The van der Waals surface area contributed by atoms with Gasteiger partial charge in [-0.3, -0.25) is 4.79 Å². The molecule has 3 unspecified atom stereocenters. The molecule has 16 heavy (non-hydrogen) atoms. The molecular formula is C12H18N2O2. The number of amides is 1. The number of piperidine rings is 2. The summed E-state index contributed by atoms with van der Waals surface area (Å²) in [5, 5.41) is 3.43. The second kappa shape index (κ2) is 4.09. The van der Waals surface area contributed by atoms with Gasteiger partial charge in [0.1, 0.15) is 0 Å². The molecule has 3 rings (SSSR count). The molecule has 4 nitrogen and oxygen atoms in total. The lowest BCUT2D eigenvalue weighted by molar-refractivity contribution is -0.143. The zero-order valence-electron chi connectivity index (χ0n) is 9.39. The van der Waals surface area contributed by atoms with Crippen molar-refractivity contribution in [2.24, 2.45) is 11.8 Å². The summed E-state index contributed by atoms with van der Waals surface area (Å²) >= 11 is 0. The molecule has 4 heteroatoms. The third-order valence-corrected chi connectivity index (χ3v) is 3.77. The number of carbonyl (C=O) groups excluding carboxylic acids is 1. The van der Waals surface area contributed by atoms with E-state index < -0.39 is 0 Å². The van der Waals surface area contributed by atoms with E-state index >= 15 is 0 Å². The monoisotopic (exact) mass is 222 g/mol. The van der Waals surface area contributed by atoms with Crippen molar-refractivity contribution in [1.82, 2.24) is 10.2 Å². The molecular weight excluding hydrogens is 204 g/mol. The van der Waals surface area contributed by atoms with Crippen molar-refractivity contribution >= 4 is 5.91 Å². The minimum Gasteiger partial charge on any atom is -0.488 e. The molecule has 0 aliphatic carbocycles. The number of likely N-dealkylation sites (tertiary alicyclic amines) is 1. The third-order valence-electron chi connectivity index (χ3n) is 3.77. The zero-order chi connectivity index (χ0) is 11.0. The third kappa shape index (κ3) is 1.82. The topological polar surface area (TPSA) is 41.6 Å². The van der Waals surface area contributed by atoms with E-state index in [0.29, 0.717) is 11.8 Å². The van der Waals surface area contributed by atoms with Gasteiger partial charge in [-0.25, -0.2) is 0 Å². The zero-order valence-corrected chi connectivity index (χ0v) is 9.39. The number of nitrogens with zero attached hydrogens (tertiary/aromatic N) is 1. The maximum atomic E-state index is 12.2. The van der Waals surface area contributed by atoms with E-state index in [4.69, 9.17) is 4.74 Å². The number of fused-ring (bicyclic) bond motifs is 2. The Labute approximate surface area is 95.6 Å². The molecule has 3 aliphatic heterocycles. The van der Waals surface area contributed by atoms with Crippen LogP contribution in [0.2, 0.25) is 0 Å². The Morgan fingerprint density at radius 2 is 2.06 bits per heavy atom. The molecule has 2 bridgehead atoms. The summed E-state index contributed by atoms with van der Waals surface area (Å²) in [5.41, 5.74) is 0. The van der Waals surface area contributed by atoms with Crippen LogP contribution in [0.1, 0.15) is 12.8 Å². The van der Waals surface area contributed by atoms with Gasteiger partial charge in [-0.05, 0) is 37.4 Å². The average Bonchev–Trinajstić information content (AvgIpc) is 2.81. The van der Waals surface area contributed by atoms with Crippen LogP contribution in [0.5, 0.6) is 0 Å². The van der Waals surface area contributed by atoms with Gasteiger partial charge >= 0.3 is 0 Å². The highest BCUT2D eigenvalue weighted by Crippen LogP contribution is 2.26. The summed E-state index contributed by atoms with van der Waals surface area (Å²) in [5.74, 6) is 1.47. The Kier molecular flexibility index (Phi) is 2.59. The number of nitrogens with one attached hydrogen (secondary N) is 1. The maximum absolute atomic E-state index is 12.2. The molecule has 1 N–H and O–H groups in total. The first-order chi connectivity index (χ1) is 7.83. The van der Waals surface area contributed by atoms with E-state index in [1.54, 1.807) is 6.26 Å². The van der Waals surface area contributed by atoms with Gasteiger partial charge in [0.2, 0.25) is 0 Å². The van der Waals surface area contributed by atoms with E-state index in [1.165, 1.54) is 6.42 Å². The van der Waals surface area contributed by atoms with Crippen molar-refractivity contribution in [2.75, 3.05) is 26.2 Å². The van der Waals surface area contributed by atoms with Crippen LogP contribution < -0.4 is 5.32 Å². The maximum Gasteiger partial charge on any atom is 0.263 e. The summed E-state index contributed by atoms with van der Waals surface area (Å²) in [6.45, 7) is 3.93. The van der Waals surface area contributed by atoms with E-state index in [-0.39, 0.29) is 12.0 Å². The number of hydrogen-bond donors (Lipinski definition) is 1. The first-order valence-electron chi connectivity index (χ1n) is 6.13. The molecule has 3 heterocycles. The van der Waals surface area contributed by atoms with Crippen molar-refractivity contribution in [3.05, 3.63) is 12.3 Å². The molecule has 0 saturated carbocycles. The molecule has 0 spiro atoms. The van der Waals surface area contributed by atoms with E-state index in [1.807, 2.05) is 11.0 Å². The van der Waals surface area contributed by atoms with Gasteiger partial charge in [-0.15, -0.1) is 0 Å². The summed E-state index contributed by atoms with van der Waals surface area (Å²) in [6.07, 6.45) is 5.35. The predicted molar refractivity (Wildman–Crippen MR) is 59.7 cm³/mol. The number of carbonyl (C=O) groups is 1. The number of hydrogen-bond acceptors (Lipinski definition) is 3. The Balaban J connectivity index is 1.64. The van der Waals surface area contributed by atoms with Crippen LogP contribution in [0.25, 0.3) is 0 Å². The SMILES string of the molecule is O=C(C1CC=CO1)N1CC2CNCC(C2)C1. The second-order valence-electron chi connectivity index (χ2n) is 5.10. The molecule has 88 valence electrons. The van der Waals surface area contributed by atoms with Gasteiger partial charge in [0.05, 0.1) is 6.26 Å². The smallest absolute Gasteiger partial charge is 0.263 e. The lowest BCUT2D eigenvalue weighted by Gasteiger charge is -2.42. The van der Waals surface area contributed by atoms with Crippen molar-refractivity contribution in [1.29, 1.82) is 0 Å². The van der Waals surface area contributed by atoms with Gasteiger partial charge in [-0.2, -0.15) is 0 Å². The van der Waals surface area contributed by atoms with Gasteiger partial charge in [0.15, 0.2) is 6.10 Å². The summed E-state index contributed by atoms with van der Waals surface area (Å²) in [4.78, 5) is 14.2. The molecule has 2 saturated heterocycles. The first-order valence-corrected chi connectivity index (χ1v) is 6.13. The highest BCUT2D eigenvalue weighted by molar-refractivity contribution is 5.81. The fraction of sp³-hybridized carbons (Fsp3) is 0.750. The number of rotatable bonds is 1. The van der Waals surface area contributed by atoms with Crippen LogP contribution in [0.4, 0.5) is 0 Å². The highest BCUT2D eigenvalue weighted by Gasteiger charge is 2.35. The summed E-state index contributed by atoms with van der Waals surface area (Å²) < 4.78 is 5.30. The lowest BCUT2D eigenvalue weighted by atomic mass is 9.85. The van der Waals surface area contributed by atoms with E-state index in [0.717, 1.165) is 32.6 Å². The van der Waals surface area contributed by atoms with Crippen LogP contribution in [0, 0.1) is 11.8 Å². The average molecular weight is 222 g/mol. The van der Waals surface area contributed by atoms with Gasteiger partial charge in [0.25, 0.3) is 5.91 Å². The van der Waals surface area contributed by atoms with Crippen molar-refractivity contribution in [3.8, 4) is 0 Å². The highest BCUT2D eigenvalue weighted by atomic mass is 16.5. The van der Waals surface area contributed by atoms with E-state index in [9.17, 15) is 4.79 Å². The van der Waals surface area contributed by atoms with Crippen LogP contribution >= 0.6 is 0 Å². The standard InChI is InChI=1S/C12H18N2O2/c15-12(11-2-1-3-16-11)14-7-9-4-10(8-14)6-13-5-9/h1,3,9-11,13H,2,4-8H2. The second-order valence-corrected chi connectivity index (χ2v) is 5.10. The molecule has 2 fully saturated rings. The predicted octanol–water partition coefficient (Wildman–Crippen LogP) is 0.357.